The first kappa shape index (κ1) is 13.2. The molecule has 0 unspecified atom stereocenters. The Kier molecular flexibility index (Phi) is 4.11. The minimum atomic E-state index is -1.04. The van der Waals surface area contributed by atoms with Crippen LogP contribution in [0.5, 0.6) is 0 Å². The third kappa shape index (κ3) is 2.96. The zero-order valence-corrected chi connectivity index (χ0v) is 11.3. The Labute approximate surface area is 118 Å². The van der Waals surface area contributed by atoms with Crippen molar-refractivity contribution in [3.05, 3.63) is 52.1 Å². The van der Waals surface area contributed by atoms with E-state index < -0.39 is 5.97 Å². The molecule has 0 aliphatic carbocycles. The number of hydrogen-bond donors (Lipinski definition) is 1. The topological polar surface area (TPSA) is 50.2 Å². The first-order valence-electron chi connectivity index (χ1n) is 4.89. The summed E-state index contributed by atoms with van der Waals surface area (Å²) in [4.78, 5) is 15.8. The van der Waals surface area contributed by atoms with Gasteiger partial charge in [0.1, 0.15) is 5.03 Å². The van der Waals surface area contributed by atoms with Crippen LogP contribution in [0.4, 0.5) is 0 Å². The second-order valence-corrected chi connectivity index (χ2v) is 5.21. The average Bonchev–Trinajstić information content (AvgIpc) is 2.34. The van der Waals surface area contributed by atoms with Gasteiger partial charge in [0.25, 0.3) is 0 Å². The minimum absolute atomic E-state index is 0.134. The van der Waals surface area contributed by atoms with E-state index in [0.717, 1.165) is 0 Å². The van der Waals surface area contributed by atoms with Crippen molar-refractivity contribution < 1.29 is 9.90 Å². The number of carboxylic acid groups (broad SMARTS) is 1. The fourth-order valence-electron chi connectivity index (χ4n) is 1.31. The van der Waals surface area contributed by atoms with Gasteiger partial charge in [-0.25, -0.2) is 9.78 Å². The molecule has 1 aromatic carbocycles. The van der Waals surface area contributed by atoms with Gasteiger partial charge in [0.2, 0.25) is 0 Å². The largest absolute Gasteiger partial charge is 0.478 e. The molecule has 0 amide bonds. The van der Waals surface area contributed by atoms with Crippen molar-refractivity contribution in [2.24, 2.45) is 0 Å². The van der Waals surface area contributed by atoms with E-state index in [1.165, 1.54) is 17.8 Å². The van der Waals surface area contributed by atoms with Crippen LogP contribution in [0.15, 0.2) is 46.5 Å². The number of pyridine rings is 1. The molecule has 0 atom stereocenters. The summed E-state index contributed by atoms with van der Waals surface area (Å²) < 4.78 is 0. The van der Waals surface area contributed by atoms with E-state index in [0.29, 0.717) is 20.0 Å². The maximum Gasteiger partial charge on any atom is 0.336 e. The fraction of sp³-hybridized carbons (Fsp3) is 0. The lowest BCUT2D eigenvalue weighted by atomic mass is 10.2. The lowest BCUT2D eigenvalue weighted by molar-refractivity contribution is 0.0693. The summed E-state index contributed by atoms with van der Waals surface area (Å²) in [5, 5.41) is 10.5. The van der Waals surface area contributed by atoms with Crippen LogP contribution in [0.3, 0.4) is 0 Å². The van der Waals surface area contributed by atoms with Gasteiger partial charge in [-0.2, -0.15) is 0 Å². The highest BCUT2D eigenvalue weighted by Gasteiger charge is 2.13. The van der Waals surface area contributed by atoms with E-state index in [2.05, 4.69) is 4.98 Å². The Morgan fingerprint density at radius 2 is 2.06 bits per heavy atom. The summed E-state index contributed by atoms with van der Waals surface area (Å²) in [6, 6.07) is 8.09. The highest BCUT2D eigenvalue weighted by Crippen LogP contribution is 2.34. The predicted molar refractivity (Wildman–Crippen MR) is 71.8 cm³/mol. The van der Waals surface area contributed by atoms with Gasteiger partial charge in [0, 0.05) is 16.1 Å². The molecule has 0 aliphatic rings. The molecule has 0 radical (unpaired) electrons. The summed E-state index contributed by atoms with van der Waals surface area (Å²) in [6.45, 7) is 0. The lowest BCUT2D eigenvalue weighted by Crippen LogP contribution is -1.98. The number of hydrogen-bond acceptors (Lipinski definition) is 3. The summed E-state index contributed by atoms with van der Waals surface area (Å²) in [6.07, 6.45) is 1.60. The quantitative estimate of drug-likeness (QED) is 0.921. The van der Waals surface area contributed by atoms with Gasteiger partial charge in [0.15, 0.2) is 0 Å². The number of carboxylic acids is 1. The van der Waals surface area contributed by atoms with Crippen molar-refractivity contribution in [3.63, 3.8) is 0 Å². The third-order valence-electron chi connectivity index (χ3n) is 2.10. The van der Waals surface area contributed by atoms with Crippen molar-refractivity contribution in [2.75, 3.05) is 0 Å². The second-order valence-electron chi connectivity index (χ2n) is 3.34. The van der Waals surface area contributed by atoms with Gasteiger partial charge in [-0.05, 0) is 30.3 Å². The summed E-state index contributed by atoms with van der Waals surface area (Å²) in [5.41, 5.74) is 0.134. The van der Waals surface area contributed by atoms with E-state index in [9.17, 15) is 4.79 Å². The Hall–Kier alpha value is -1.23. The first-order valence-corrected chi connectivity index (χ1v) is 6.46. The summed E-state index contributed by atoms with van der Waals surface area (Å²) >= 11 is 13.0. The number of aromatic carboxylic acids is 1. The van der Waals surface area contributed by atoms with Crippen LogP contribution in [-0.2, 0) is 0 Å². The molecule has 0 bridgehead atoms. The Balaban J connectivity index is 2.41. The zero-order chi connectivity index (χ0) is 13.1. The van der Waals surface area contributed by atoms with Crippen LogP contribution in [-0.4, -0.2) is 16.1 Å². The van der Waals surface area contributed by atoms with Gasteiger partial charge >= 0.3 is 5.97 Å². The number of nitrogens with zero attached hydrogens (tertiary/aromatic N) is 1. The molecule has 0 spiro atoms. The number of halogens is 2. The molecular formula is C12H7Cl2NO2S. The molecule has 1 N–H and O–H groups in total. The molecule has 2 aromatic rings. The normalized spacial score (nSPS) is 10.3. The van der Waals surface area contributed by atoms with Crippen molar-refractivity contribution in [1.29, 1.82) is 0 Å². The monoisotopic (exact) mass is 299 g/mol. The fourth-order valence-corrected chi connectivity index (χ4v) is 2.60. The van der Waals surface area contributed by atoms with E-state index in [1.54, 1.807) is 30.5 Å². The molecule has 0 fully saturated rings. The van der Waals surface area contributed by atoms with Crippen molar-refractivity contribution in [3.8, 4) is 0 Å². The molecule has 3 nitrogen and oxygen atoms in total. The summed E-state index contributed by atoms with van der Waals surface area (Å²) in [5.74, 6) is -1.04. The number of rotatable bonds is 3. The standard InChI is InChI=1S/C12H7Cl2NO2S/c13-7-3-4-10(8(6-7)12(16)17)18-11-9(14)2-1-5-15-11/h1-6H,(H,16,17). The molecule has 92 valence electrons. The Bertz CT molecular complexity index is 604. The molecule has 6 heteroatoms. The van der Waals surface area contributed by atoms with E-state index >= 15 is 0 Å². The van der Waals surface area contributed by atoms with Gasteiger partial charge in [-0.3, -0.25) is 0 Å². The van der Waals surface area contributed by atoms with E-state index in [1.807, 2.05) is 0 Å². The molecular weight excluding hydrogens is 293 g/mol. The van der Waals surface area contributed by atoms with Crippen LogP contribution in [0.2, 0.25) is 10.0 Å². The number of aromatic nitrogens is 1. The molecule has 2 rings (SSSR count). The minimum Gasteiger partial charge on any atom is -0.478 e. The van der Waals surface area contributed by atoms with Crippen molar-refractivity contribution in [2.45, 2.75) is 9.92 Å². The molecule has 1 aromatic heterocycles. The van der Waals surface area contributed by atoms with Crippen molar-refractivity contribution in [1.82, 2.24) is 4.98 Å². The molecule has 18 heavy (non-hydrogen) atoms. The van der Waals surface area contributed by atoms with E-state index in [-0.39, 0.29) is 5.56 Å². The average molecular weight is 300 g/mol. The molecule has 0 saturated heterocycles. The zero-order valence-electron chi connectivity index (χ0n) is 8.93. The van der Waals surface area contributed by atoms with Crippen LogP contribution < -0.4 is 0 Å². The van der Waals surface area contributed by atoms with E-state index in [4.69, 9.17) is 28.3 Å². The van der Waals surface area contributed by atoms with Gasteiger partial charge < -0.3 is 5.11 Å². The van der Waals surface area contributed by atoms with Crippen LogP contribution in [0.1, 0.15) is 10.4 Å². The Morgan fingerprint density at radius 1 is 1.28 bits per heavy atom. The van der Waals surface area contributed by atoms with Crippen LogP contribution in [0, 0.1) is 0 Å². The number of carbonyl (C=O) groups is 1. The smallest absolute Gasteiger partial charge is 0.336 e. The highest BCUT2D eigenvalue weighted by atomic mass is 35.5. The third-order valence-corrected chi connectivity index (χ3v) is 3.85. The SMILES string of the molecule is O=C(O)c1cc(Cl)ccc1Sc1ncccc1Cl. The Morgan fingerprint density at radius 3 is 2.72 bits per heavy atom. The van der Waals surface area contributed by atoms with Crippen LogP contribution >= 0.6 is 35.0 Å². The second kappa shape index (κ2) is 5.61. The lowest BCUT2D eigenvalue weighted by Gasteiger charge is -2.06. The van der Waals surface area contributed by atoms with Gasteiger partial charge in [-0.15, -0.1) is 0 Å². The highest BCUT2D eigenvalue weighted by molar-refractivity contribution is 7.99. The predicted octanol–water partition coefficient (Wildman–Crippen LogP) is 4.24. The molecule has 0 aliphatic heterocycles. The number of benzene rings is 1. The first-order chi connectivity index (χ1) is 8.58. The van der Waals surface area contributed by atoms with Crippen molar-refractivity contribution >= 4 is 40.9 Å². The van der Waals surface area contributed by atoms with Gasteiger partial charge in [-0.1, -0.05) is 35.0 Å². The van der Waals surface area contributed by atoms with Crippen LogP contribution in [0.25, 0.3) is 0 Å². The van der Waals surface area contributed by atoms with Gasteiger partial charge in [0.05, 0.1) is 10.6 Å². The molecule has 1 heterocycles. The maximum absolute atomic E-state index is 11.1. The maximum atomic E-state index is 11.1. The summed E-state index contributed by atoms with van der Waals surface area (Å²) in [7, 11) is 0. The molecule has 0 saturated carbocycles.